The fourth-order valence-electron chi connectivity index (χ4n) is 1.70. The molecule has 0 aliphatic rings. The fraction of sp³-hybridized carbons (Fsp3) is 0.286. The lowest BCUT2D eigenvalue weighted by molar-refractivity contribution is 0.487. The number of thioether (sulfide) groups is 1. The summed E-state index contributed by atoms with van der Waals surface area (Å²) in [6.45, 7) is 2.52. The molecule has 2 nitrogen and oxygen atoms in total. The van der Waals surface area contributed by atoms with Crippen molar-refractivity contribution in [2.45, 2.75) is 19.2 Å². The van der Waals surface area contributed by atoms with Gasteiger partial charge in [-0.15, -0.1) is 0 Å². The second kappa shape index (κ2) is 6.60. The standard InChI is InChI=1S/C14H15Cl2NOS/c1-9-5-13(16)14(6-12(9)15)17-7-10-3-4-11(18-10)8-19-2/h3-6,17H,7-8H2,1-2H3. The number of aryl methyl sites for hydroxylation is 1. The summed E-state index contributed by atoms with van der Waals surface area (Å²) in [7, 11) is 0. The molecule has 1 heterocycles. The molecule has 1 aromatic heterocycles. The van der Waals surface area contributed by atoms with Crippen LogP contribution in [0.25, 0.3) is 0 Å². The van der Waals surface area contributed by atoms with Gasteiger partial charge in [-0.1, -0.05) is 23.2 Å². The molecule has 0 spiro atoms. The van der Waals surface area contributed by atoms with Crippen molar-refractivity contribution < 1.29 is 4.42 Å². The molecule has 0 saturated heterocycles. The molecule has 19 heavy (non-hydrogen) atoms. The molecule has 0 aliphatic carbocycles. The highest BCUT2D eigenvalue weighted by atomic mass is 35.5. The van der Waals surface area contributed by atoms with Crippen LogP contribution in [0.2, 0.25) is 10.0 Å². The lowest BCUT2D eigenvalue weighted by atomic mass is 10.2. The van der Waals surface area contributed by atoms with Crippen LogP contribution in [0, 0.1) is 6.92 Å². The number of halogens is 2. The highest BCUT2D eigenvalue weighted by Crippen LogP contribution is 2.29. The van der Waals surface area contributed by atoms with Gasteiger partial charge in [0.2, 0.25) is 0 Å². The van der Waals surface area contributed by atoms with Gasteiger partial charge < -0.3 is 9.73 Å². The van der Waals surface area contributed by atoms with Crippen LogP contribution in [0.15, 0.2) is 28.7 Å². The fourth-order valence-corrected chi connectivity index (χ4v) is 2.59. The van der Waals surface area contributed by atoms with Gasteiger partial charge in [0.15, 0.2) is 0 Å². The lowest BCUT2D eigenvalue weighted by Crippen LogP contribution is -1.99. The largest absolute Gasteiger partial charge is 0.463 e. The summed E-state index contributed by atoms with van der Waals surface area (Å²) < 4.78 is 5.68. The Morgan fingerprint density at radius 1 is 1.16 bits per heavy atom. The topological polar surface area (TPSA) is 25.2 Å². The summed E-state index contributed by atoms with van der Waals surface area (Å²) >= 11 is 14.0. The van der Waals surface area contributed by atoms with Crippen molar-refractivity contribution in [1.29, 1.82) is 0 Å². The monoisotopic (exact) mass is 315 g/mol. The van der Waals surface area contributed by atoms with E-state index in [0.29, 0.717) is 16.6 Å². The number of hydrogen-bond acceptors (Lipinski definition) is 3. The van der Waals surface area contributed by atoms with Crippen LogP contribution in [0.3, 0.4) is 0 Å². The Bertz CT molecular complexity index is 569. The second-order valence-corrected chi connectivity index (χ2v) is 5.92. The quantitative estimate of drug-likeness (QED) is 0.803. The van der Waals surface area contributed by atoms with E-state index in [9.17, 15) is 0 Å². The summed E-state index contributed by atoms with van der Waals surface area (Å²) in [6, 6.07) is 7.66. The molecule has 1 N–H and O–H groups in total. The van der Waals surface area contributed by atoms with E-state index in [1.165, 1.54) is 0 Å². The van der Waals surface area contributed by atoms with Gasteiger partial charge in [0.25, 0.3) is 0 Å². The van der Waals surface area contributed by atoms with Crippen molar-refractivity contribution in [2.24, 2.45) is 0 Å². The zero-order valence-electron chi connectivity index (χ0n) is 10.8. The molecular weight excluding hydrogens is 301 g/mol. The SMILES string of the molecule is CSCc1ccc(CNc2cc(Cl)c(C)cc2Cl)o1. The Balaban J connectivity index is 2.03. The molecule has 5 heteroatoms. The third-order valence-corrected chi connectivity index (χ3v) is 4.00. The summed E-state index contributed by atoms with van der Waals surface area (Å²) in [5.74, 6) is 2.76. The Labute approximate surface area is 127 Å². The first-order valence-electron chi connectivity index (χ1n) is 5.86. The predicted octanol–water partition coefficient (Wildman–Crippen LogP) is 5.37. The van der Waals surface area contributed by atoms with Crippen molar-refractivity contribution in [3.8, 4) is 0 Å². The van der Waals surface area contributed by atoms with Crippen molar-refractivity contribution in [1.82, 2.24) is 0 Å². The average Bonchev–Trinajstić information content (AvgIpc) is 2.80. The number of hydrogen-bond donors (Lipinski definition) is 1. The van der Waals surface area contributed by atoms with Gasteiger partial charge in [0, 0.05) is 5.02 Å². The lowest BCUT2D eigenvalue weighted by Gasteiger charge is -2.09. The molecule has 2 rings (SSSR count). The molecule has 0 saturated carbocycles. The van der Waals surface area contributed by atoms with E-state index in [1.807, 2.05) is 31.2 Å². The highest BCUT2D eigenvalue weighted by Gasteiger charge is 2.06. The van der Waals surface area contributed by atoms with Gasteiger partial charge in [0.1, 0.15) is 11.5 Å². The van der Waals surface area contributed by atoms with E-state index in [0.717, 1.165) is 28.5 Å². The normalized spacial score (nSPS) is 10.7. The third kappa shape index (κ3) is 3.85. The summed E-state index contributed by atoms with van der Waals surface area (Å²) in [6.07, 6.45) is 2.05. The summed E-state index contributed by atoms with van der Waals surface area (Å²) in [5, 5.41) is 4.60. The molecule has 0 fully saturated rings. The maximum atomic E-state index is 6.17. The molecule has 0 aliphatic heterocycles. The maximum absolute atomic E-state index is 6.17. The predicted molar refractivity (Wildman–Crippen MR) is 84.5 cm³/mol. The van der Waals surface area contributed by atoms with E-state index in [1.54, 1.807) is 11.8 Å². The zero-order valence-corrected chi connectivity index (χ0v) is 13.1. The van der Waals surface area contributed by atoms with Gasteiger partial charge in [0.05, 0.1) is 23.0 Å². The molecule has 0 radical (unpaired) electrons. The molecule has 0 unspecified atom stereocenters. The minimum atomic E-state index is 0.591. The number of benzene rings is 1. The van der Waals surface area contributed by atoms with Crippen LogP contribution in [-0.4, -0.2) is 6.26 Å². The first kappa shape index (κ1) is 14.6. The molecular formula is C14H15Cl2NOS. The molecule has 1 aromatic carbocycles. The van der Waals surface area contributed by atoms with E-state index in [4.69, 9.17) is 27.6 Å². The van der Waals surface area contributed by atoms with E-state index in [2.05, 4.69) is 11.6 Å². The smallest absolute Gasteiger partial charge is 0.123 e. The van der Waals surface area contributed by atoms with E-state index >= 15 is 0 Å². The zero-order chi connectivity index (χ0) is 13.8. The van der Waals surface area contributed by atoms with Gasteiger partial charge in [-0.25, -0.2) is 0 Å². The van der Waals surface area contributed by atoms with Gasteiger partial charge in [-0.3, -0.25) is 0 Å². The number of rotatable bonds is 5. The minimum Gasteiger partial charge on any atom is -0.463 e. The van der Waals surface area contributed by atoms with Gasteiger partial charge >= 0.3 is 0 Å². The van der Waals surface area contributed by atoms with Crippen LogP contribution in [-0.2, 0) is 12.3 Å². The second-order valence-electron chi connectivity index (χ2n) is 4.24. The van der Waals surface area contributed by atoms with Crippen LogP contribution >= 0.6 is 35.0 Å². The third-order valence-electron chi connectivity index (χ3n) is 2.71. The highest BCUT2D eigenvalue weighted by molar-refractivity contribution is 7.97. The van der Waals surface area contributed by atoms with Gasteiger partial charge in [-0.05, 0) is 43.0 Å². The van der Waals surface area contributed by atoms with Crippen molar-refractivity contribution in [3.05, 3.63) is 51.4 Å². The molecule has 0 bridgehead atoms. The van der Waals surface area contributed by atoms with Crippen LogP contribution in [0.5, 0.6) is 0 Å². The number of furan rings is 1. The number of anilines is 1. The van der Waals surface area contributed by atoms with Crippen molar-refractivity contribution in [3.63, 3.8) is 0 Å². The molecule has 0 amide bonds. The Morgan fingerprint density at radius 2 is 1.89 bits per heavy atom. The van der Waals surface area contributed by atoms with Gasteiger partial charge in [-0.2, -0.15) is 11.8 Å². The first-order chi connectivity index (χ1) is 9.10. The molecule has 102 valence electrons. The maximum Gasteiger partial charge on any atom is 0.123 e. The van der Waals surface area contributed by atoms with Crippen molar-refractivity contribution in [2.75, 3.05) is 11.6 Å². The van der Waals surface area contributed by atoms with Crippen LogP contribution in [0.4, 0.5) is 5.69 Å². The average molecular weight is 316 g/mol. The van der Waals surface area contributed by atoms with Crippen molar-refractivity contribution >= 4 is 40.7 Å². The Hall–Kier alpha value is -0.770. The van der Waals surface area contributed by atoms with Crippen LogP contribution in [0.1, 0.15) is 17.1 Å². The first-order valence-corrected chi connectivity index (χ1v) is 8.01. The van der Waals surface area contributed by atoms with E-state index in [-0.39, 0.29) is 0 Å². The Morgan fingerprint density at radius 3 is 2.63 bits per heavy atom. The summed E-state index contributed by atoms with van der Waals surface area (Å²) in [5.41, 5.74) is 1.79. The minimum absolute atomic E-state index is 0.591. The van der Waals surface area contributed by atoms with E-state index < -0.39 is 0 Å². The summed E-state index contributed by atoms with van der Waals surface area (Å²) in [4.78, 5) is 0. The molecule has 0 atom stereocenters. The van der Waals surface area contributed by atoms with Crippen LogP contribution < -0.4 is 5.32 Å². The molecule has 2 aromatic rings. The number of nitrogens with one attached hydrogen (secondary N) is 1. The Kier molecular flexibility index (Phi) is 5.08.